The predicted molar refractivity (Wildman–Crippen MR) is 250 cm³/mol. The lowest BCUT2D eigenvalue weighted by Crippen LogP contribution is -2.47. The Labute approximate surface area is 388 Å². The van der Waals surface area contributed by atoms with E-state index in [0.717, 1.165) is 86.3 Å². The van der Waals surface area contributed by atoms with Gasteiger partial charge in [-0.05, 0) is 128 Å². The van der Waals surface area contributed by atoms with E-state index in [2.05, 4.69) is 32.1 Å². The summed E-state index contributed by atoms with van der Waals surface area (Å²) in [4.78, 5) is 19.6. The molecule has 3 fully saturated rings. The van der Waals surface area contributed by atoms with Crippen molar-refractivity contribution in [2.45, 2.75) is 76.1 Å². The molecule has 0 saturated carbocycles. The summed E-state index contributed by atoms with van der Waals surface area (Å²) in [6, 6.07) is 26.8. The molecular formula is C46H51Cl2F2N5O6S3. The molecule has 0 aromatic heterocycles. The van der Waals surface area contributed by atoms with E-state index in [0.29, 0.717) is 31.4 Å². The van der Waals surface area contributed by atoms with Gasteiger partial charge in [0.15, 0.2) is 0 Å². The molecule has 3 atom stereocenters. The van der Waals surface area contributed by atoms with Crippen molar-refractivity contribution in [2.75, 3.05) is 68.4 Å². The number of hydrogen-bond acceptors (Lipinski definition) is 11. The second kappa shape index (κ2) is 20.0. The summed E-state index contributed by atoms with van der Waals surface area (Å²) in [6.45, 7) is 6.19. The molecule has 18 heteroatoms. The minimum atomic E-state index is -5.62. The lowest BCUT2D eigenvalue weighted by Gasteiger charge is -2.37. The van der Waals surface area contributed by atoms with Crippen LogP contribution in [0.4, 0.5) is 20.2 Å². The number of amides is 1. The molecule has 4 aromatic carbocycles. The molecule has 3 heterocycles. The van der Waals surface area contributed by atoms with Crippen LogP contribution < -0.4 is 14.9 Å². The zero-order valence-corrected chi connectivity index (χ0v) is 39.1. The molecule has 2 bridgehead atoms. The van der Waals surface area contributed by atoms with Gasteiger partial charge in [0.05, 0.1) is 28.2 Å². The van der Waals surface area contributed by atoms with Crippen LogP contribution in [-0.2, 0) is 24.6 Å². The topological polar surface area (TPSA) is 128 Å². The average Bonchev–Trinajstić information content (AvgIpc) is 3.92. The number of nitrogens with zero attached hydrogens (tertiary/aromatic N) is 3. The number of piperazine rings is 1. The smallest absolute Gasteiger partial charge is 0.380 e. The van der Waals surface area contributed by atoms with Gasteiger partial charge in [-0.15, -0.1) is 11.8 Å². The first-order chi connectivity index (χ1) is 30.6. The van der Waals surface area contributed by atoms with E-state index >= 15 is 0 Å². The van der Waals surface area contributed by atoms with E-state index in [1.807, 2.05) is 47.2 Å². The van der Waals surface area contributed by atoms with Crippen molar-refractivity contribution in [1.82, 2.24) is 14.5 Å². The van der Waals surface area contributed by atoms with Crippen LogP contribution in [0.15, 0.2) is 117 Å². The fourth-order valence-corrected chi connectivity index (χ4v) is 12.4. The number of allylic oxidation sites excluding steroid dienone is 1. The van der Waals surface area contributed by atoms with Crippen molar-refractivity contribution in [1.29, 1.82) is 0 Å². The van der Waals surface area contributed by atoms with Crippen molar-refractivity contribution >= 4 is 77.7 Å². The number of likely N-dealkylation sites (tertiary alicyclic amines) is 1. The van der Waals surface area contributed by atoms with E-state index in [1.54, 1.807) is 12.1 Å². The highest BCUT2D eigenvalue weighted by Crippen LogP contribution is 2.39. The third-order valence-corrected chi connectivity index (χ3v) is 17.4. The Morgan fingerprint density at radius 2 is 1.62 bits per heavy atom. The van der Waals surface area contributed by atoms with Crippen LogP contribution in [0.5, 0.6) is 0 Å². The van der Waals surface area contributed by atoms with E-state index in [9.17, 15) is 30.4 Å². The van der Waals surface area contributed by atoms with Gasteiger partial charge in [-0.1, -0.05) is 47.5 Å². The number of halogens is 4. The third-order valence-electron chi connectivity index (χ3n) is 12.5. The Hall–Kier alpha value is -3.74. The lowest BCUT2D eigenvalue weighted by atomic mass is 9.87. The summed E-state index contributed by atoms with van der Waals surface area (Å²) in [7, 11) is -10.4. The number of alkyl halides is 3. The number of benzene rings is 4. The van der Waals surface area contributed by atoms with E-state index < -0.39 is 46.3 Å². The van der Waals surface area contributed by atoms with Gasteiger partial charge < -0.3 is 15.0 Å². The highest BCUT2D eigenvalue weighted by Gasteiger charge is 2.46. The van der Waals surface area contributed by atoms with Gasteiger partial charge in [0.2, 0.25) is 0 Å². The maximum absolute atomic E-state index is 14.6. The molecule has 2 N–H and O–H groups in total. The summed E-state index contributed by atoms with van der Waals surface area (Å²) in [5.74, 6) is -0.531. The first kappa shape index (κ1) is 46.8. The first-order valence-electron chi connectivity index (χ1n) is 21.5. The molecule has 3 saturated heterocycles. The van der Waals surface area contributed by atoms with E-state index in [4.69, 9.17) is 27.9 Å². The quantitative estimate of drug-likeness (QED) is 0.0780. The van der Waals surface area contributed by atoms with Crippen molar-refractivity contribution in [3.8, 4) is 0 Å². The Morgan fingerprint density at radius 3 is 2.30 bits per heavy atom. The fraction of sp³-hybridized carbons (Fsp3) is 0.413. The molecule has 4 aliphatic rings. The summed E-state index contributed by atoms with van der Waals surface area (Å²) in [5.41, 5.74) is 4.81. The molecular weight excluding hydrogens is 924 g/mol. The molecule has 1 aliphatic carbocycles. The zero-order valence-electron chi connectivity index (χ0n) is 35.1. The van der Waals surface area contributed by atoms with Gasteiger partial charge >= 0.3 is 4.71 Å². The number of fused-ring (bicyclic) bond motifs is 2. The molecule has 2 unspecified atom stereocenters. The summed E-state index contributed by atoms with van der Waals surface area (Å²) < 4.78 is 86.1. The minimum absolute atomic E-state index is 0.0416. The predicted octanol–water partition coefficient (Wildman–Crippen LogP) is 8.61. The van der Waals surface area contributed by atoms with Crippen molar-refractivity contribution in [3.63, 3.8) is 0 Å². The van der Waals surface area contributed by atoms with Crippen LogP contribution in [0.2, 0.25) is 5.02 Å². The van der Waals surface area contributed by atoms with Gasteiger partial charge in [0.1, 0.15) is 0 Å². The van der Waals surface area contributed by atoms with Crippen LogP contribution in [0, 0.1) is 0 Å². The summed E-state index contributed by atoms with van der Waals surface area (Å²) >= 11 is 12.8. The number of anilines is 2. The molecule has 0 radical (unpaired) electrons. The molecule has 64 heavy (non-hydrogen) atoms. The van der Waals surface area contributed by atoms with Gasteiger partial charge in [0.25, 0.3) is 25.8 Å². The fourth-order valence-electron chi connectivity index (χ4n) is 8.98. The standard InChI is InChI=1S/C46H51Cl2F2N5O6S3/c47-35-14-10-32(11-15-35)42-9-5-4-6-34(42)28-53-22-24-54(25-23-53)37-16-12-33(13-17-37)45(56)52-64(59,60)41-18-19-43(44(27-41)63(57,58)46(48,49)50)51-36(31-62-40-7-2-1-3-8-40)20-21-55-29-39-26-38(55)30-61-39/h1-3,7-8,10-19,27,36,38-39,51H,4-6,9,20-26,28-31H2,(H,52,56)/t36-,38?,39?/m1/s1. The number of rotatable bonds is 17. The maximum Gasteiger partial charge on any atom is 0.427 e. The van der Waals surface area contributed by atoms with Crippen molar-refractivity contribution < 1.29 is 35.1 Å². The molecule has 3 aliphatic heterocycles. The largest absolute Gasteiger partial charge is 0.427 e. The average molecular weight is 975 g/mol. The summed E-state index contributed by atoms with van der Waals surface area (Å²) in [5, 5.41) is 3.85. The monoisotopic (exact) mass is 973 g/mol. The third kappa shape index (κ3) is 11.1. The SMILES string of the molecule is O=C(NS(=O)(=O)c1ccc(N[C@H](CCN2CC3CC2CO3)CSc2ccccc2)c(S(=O)(=O)C(F)(F)Cl)c1)c1ccc(N2CCN(CC3=C(c4ccc(Cl)cc4)CCCC3)CC2)cc1. The van der Waals surface area contributed by atoms with Gasteiger partial charge in [-0.25, -0.2) is 21.6 Å². The number of sulfonamides is 1. The number of nitrogens with one attached hydrogen (secondary N) is 2. The van der Waals surface area contributed by atoms with Crippen LogP contribution in [0.1, 0.15) is 54.4 Å². The number of thioether (sulfide) groups is 1. The number of ether oxygens (including phenoxy) is 1. The molecule has 1 amide bonds. The lowest BCUT2D eigenvalue weighted by molar-refractivity contribution is 0.0299. The Kier molecular flexibility index (Phi) is 14.6. The van der Waals surface area contributed by atoms with Crippen LogP contribution in [-0.4, -0.2) is 114 Å². The molecule has 0 spiro atoms. The van der Waals surface area contributed by atoms with Crippen LogP contribution >= 0.6 is 35.0 Å². The van der Waals surface area contributed by atoms with Gasteiger partial charge in [-0.2, -0.15) is 8.78 Å². The highest BCUT2D eigenvalue weighted by atomic mass is 35.5. The summed E-state index contributed by atoms with van der Waals surface area (Å²) in [6.07, 6.45) is 6.13. The normalized spacial score (nSPS) is 20.4. The van der Waals surface area contributed by atoms with E-state index in [1.165, 1.54) is 53.4 Å². The number of carbonyl (C=O) groups excluding carboxylic acids is 1. The minimum Gasteiger partial charge on any atom is -0.380 e. The van der Waals surface area contributed by atoms with Crippen LogP contribution in [0.3, 0.4) is 0 Å². The Morgan fingerprint density at radius 1 is 0.906 bits per heavy atom. The molecule has 8 rings (SSSR count). The Balaban J connectivity index is 0.930. The first-order valence-corrected chi connectivity index (χ1v) is 26.2. The number of carbonyl (C=O) groups is 1. The highest BCUT2D eigenvalue weighted by molar-refractivity contribution is 7.99. The van der Waals surface area contributed by atoms with Crippen LogP contribution in [0.25, 0.3) is 5.57 Å². The number of morpholine rings is 1. The second-order valence-corrected chi connectivity index (χ2v) is 22.6. The molecule has 342 valence electrons. The molecule has 4 aromatic rings. The Bertz CT molecular complexity index is 2540. The van der Waals surface area contributed by atoms with Gasteiger partial charge in [-0.3, -0.25) is 14.6 Å². The number of sulfone groups is 1. The van der Waals surface area contributed by atoms with Crippen molar-refractivity contribution in [2.24, 2.45) is 0 Å². The zero-order chi connectivity index (χ0) is 45.1. The second-order valence-electron chi connectivity index (χ2n) is 16.7. The number of hydrogen-bond donors (Lipinski definition) is 2. The molecule has 11 nitrogen and oxygen atoms in total. The van der Waals surface area contributed by atoms with Crippen molar-refractivity contribution in [3.05, 3.63) is 119 Å². The van der Waals surface area contributed by atoms with Gasteiger partial charge in [0, 0.05) is 84.8 Å². The maximum atomic E-state index is 14.6. The van der Waals surface area contributed by atoms with E-state index in [-0.39, 0.29) is 23.4 Å².